The molecule has 2 saturated carbocycles. The molecule has 0 bridgehead atoms. The number of carbonyl (C=O) groups is 3. The number of tetrazole rings is 1. The fourth-order valence-electron chi connectivity index (χ4n) is 7.13. The van der Waals surface area contributed by atoms with E-state index in [1.807, 2.05) is 6.92 Å². The third kappa shape index (κ3) is 3.70. The molecule has 2 aromatic heterocycles. The Hall–Kier alpha value is -3.55. The van der Waals surface area contributed by atoms with Gasteiger partial charge in [-0.05, 0) is 46.6 Å². The number of hydrogen-bond acceptors (Lipinski definition) is 10. The van der Waals surface area contributed by atoms with Gasteiger partial charge in [-0.2, -0.15) is 5.26 Å². The predicted molar refractivity (Wildman–Crippen MR) is 121 cm³/mol. The minimum atomic E-state index is -0.979. The molecule has 36 heavy (non-hydrogen) atoms. The first-order valence-electron chi connectivity index (χ1n) is 12.3. The normalized spacial score (nSPS) is 35.8. The summed E-state index contributed by atoms with van der Waals surface area (Å²) in [6.07, 6.45) is 3.62. The highest BCUT2D eigenvalue weighted by molar-refractivity contribution is 5.91. The Bertz CT molecular complexity index is 1220. The summed E-state index contributed by atoms with van der Waals surface area (Å²) in [7, 11) is 0. The van der Waals surface area contributed by atoms with Gasteiger partial charge in [0.05, 0.1) is 37.5 Å². The summed E-state index contributed by atoms with van der Waals surface area (Å²) in [6, 6.07) is 3.88. The molecular formula is C25H29N5O6. The van der Waals surface area contributed by atoms with Gasteiger partial charge in [-0.1, -0.05) is 13.8 Å². The summed E-state index contributed by atoms with van der Waals surface area (Å²) in [4.78, 5) is 39.3. The molecule has 190 valence electrons. The van der Waals surface area contributed by atoms with Crippen molar-refractivity contribution in [2.75, 3.05) is 0 Å². The van der Waals surface area contributed by atoms with E-state index >= 15 is 0 Å². The van der Waals surface area contributed by atoms with Crippen LogP contribution in [0.1, 0.15) is 76.3 Å². The first-order valence-corrected chi connectivity index (χ1v) is 12.3. The van der Waals surface area contributed by atoms with Crippen molar-refractivity contribution in [3.05, 3.63) is 30.0 Å². The lowest BCUT2D eigenvalue weighted by molar-refractivity contribution is -0.204. The zero-order chi connectivity index (χ0) is 25.7. The highest BCUT2D eigenvalue weighted by Crippen LogP contribution is 2.66. The van der Waals surface area contributed by atoms with Crippen molar-refractivity contribution in [2.24, 2.45) is 22.7 Å². The molecule has 2 aromatic rings. The average molecular weight is 496 g/mol. The van der Waals surface area contributed by atoms with E-state index in [0.717, 1.165) is 5.56 Å². The van der Waals surface area contributed by atoms with Gasteiger partial charge in [0, 0.05) is 30.7 Å². The van der Waals surface area contributed by atoms with Crippen LogP contribution in [0.5, 0.6) is 0 Å². The molecule has 11 nitrogen and oxygen atoms in total. The highest BCUT2D eigenvalue weighted by atomic mass is 16.6. The van der Waals surface area contributed by atoms with Crippen molar-refractivity contribution in [1.82, 2.24) is 20.2 Å². The minimum Gasteiger partial charge on any atom is -0.472 e. The number of ketones is 1. The van der Waals surface area contributed by atoms with Crippen molar-refractivity contribution < 1.29 is 28.3 Å². The van der Waals surface area contributed by atoms with Crippen LogP contribution in [-0.4, -0.2) is 44.0 Å². The number of ether oxygens (including phenoxy) is 2. The van der Waals surface area contributed by atoms with Gasteiger partial charge in [0.25, 0.3) is 0 Å². The standard InChI is InChI=1S/C25H29N5O6/c1-14(31)35-18-11-17(22-27-28-29-30(22)9-4-8-26)24(2)7-5-16-23(33)36-19(15-6-10-34-13-15)12-25(16,3)21(24)20(18)32/h6,10,13,16-19,21H,4-5,7,9,11-12H2,1-3H3/t16-,17-,18-,19-,21-,24-,25-/m0/s1. The van der Waals surface area contributed by atoms with Crippen LogP contribution >= 0.6 is 0 Å². The fraction of sp³-hybridized carbons (Fsp3) is 0.640. The molecule has 0 aromatic carbocycles. The number of aromatic nitrogens is 4. The third-order valence-corrected chi connectivity index (χ3v) is 8.63. The van der Waals surface area contributed by atoms with Gasteiger partial charge in [-0.25, -0.2) is 4.68 Å². The first-order chi connectivity index (χ1) is 17.2. The van der Waals surface area contributed by atoms with Crippen molar-refractivity contribution in [3.63, 3.8) is 0 Å². The molecular weight excluding hydrogens is 466 g/mol. The number of cyclic esters (lactones) is 1. The maximum Gasteiger partial charge on any atom is 0.310 e. The van der Waals surface area contributed by atoms with E-state index in [1.165, 1.54) is 13.2 Å². The Kier molecular flexibility index (Phi) is 5.93. The highest BCUT2D eigenvalue weighted by Gasteiger charge is 2.67. The second kappa shape index (κ2) is 8.84. The zero-order valence-corrected chi connectivity index (χ0v) is 20.5. The van der Waals surface area contributed by atoms with Crippen LogP contribution in [0.4, 0.5) is 0 Å². The molecule has 3 heterocycles. The number of fused-ring (bicyclic) bond motifs is 3. The number of esters is 2. The second-order valence-corrected chi connectivity index (χ2v) is 10.7. The lowest BCUT2D eigenvalue weighted by atomic mass is 9.43. The molecule has 3 aliphatic rings. The van der Waals surface area contributed by atoms with Crippen molar-refractivity contribution >= 4 is 17.7 Å². The Morgan fingerprint density at radius 1 is 1.31 bits per heavy atom. The molecule has 0 amide bonds. The summed E-state index contributed by atoms with van der Waals surface area (Å²) in [6.45, 7) is 5.64. The number of Topliss-reactive ketones (excluding diaryl/α,β-unsaturated/α-hetero) is 1. The minimum absolute atomic E-state index is 0.173. The van der Waals surface area contributed by atoms with Crippen molar-refractivity contribution in [1.29, 1.82) is 5.26 Å². The van der Waals surface area contributed by atoms with Crippen LogP contribution < -0.4 is 0 Å². The predicted octanol–water partition coefficient (Wildman–Crippen LogP) is 2.89. The number of carbonyl (C=O) groups excluding carboxylic acids is 3. The summed E-state index contributed by atoms with van der Waals surface area (Å²) >= 11 is 0. The van der Waals surface area contributed by atoms with Crippen LogP contribution in [0, 0.1) is 34.0 Å². The van der Waals surface area contributed by atoms with Crippen molar-refractivity contribution in [3.8, 4) is 6.07 Å². The molecule has 0 spiro atoms. The smallest absolute Gasteiger partial charge is 0.310 e. The summed E-state index contributed by atoms with van der Waals surface area (Å²) < 4.78 is 18.2. The maximum atomic E-state index is 14.1. The van der Waals surface area contributed by atoms with Gasteiger partial charge in [0.1, 0.15) is 6.10 Å². The van der Waals surface area contributed by atoms with Crippen LogP contribution in [0.2, 0.25) is 0 Å². The molecule has 5 rings (SSSR count). The van der Waals surface area contributed by atoms with E-state index < -0.39 is 40.8 Å². The number of furan rings is 1. The van der Waals surface area contributed by atoms with E-state index in [9.17, 15) is 14.4 Å². The molecule has 1 aliphatic heterocycles. The average Bonchev–Trinajstić information content (AvgIpc) is 3.51. The summed E-state index contributed by atoms with van der Waals surface area (Å²) in [5.74, 6) is -1.86. The van der Waals surface area contributed by atoms with Gasteiger partial charge in [-0.3, -0.25) is 14.4 Å². The van der Waals surface area contributed by atoms with E-state index in [0.29, 0.717) is 31.6 Å². The van der Waals surface area contributed by atoms with Gasteiger partial charge >= 0.3 is 11.9 Å². The van der Waals surface area contributed by atoms with E-state index in [4.69, 9.17) is 19.2 Å². The van der Waals surface area contributed by atoms with Crippen molar-refractivity contribution in [2.45, 2.75) is 77.5 Å². The topological polar surface area (TPSA) is 150 Å². The molecule has 2 aliphatic carbocycles. The van der Waals surface area contributed by atoms with Gasteiger partial charge in [-0.15, -0.1) is 5.10 Å². The van der Waals surface area contributed by atoms with Crippen LogP contribution in [-0.2, 0) is 30.4 Å². The lowest BCUT2D eigenvalue weighted by Crippen LogP contribution is -2.63. The van der Waals surface area contributed by atoms with Crippen LogP contribution in [0.25, 0.3) is 0 Å². The number of rotatable bonds is 5. The lowest BCUT2D eigenvalue weighted by Gasteiger charge is -2.61. The van der Waals surface area contributed by atoms with Crippen LogP contribution in [0.3, 0.4) is 0 Å². The Morgan fingerprint density at radius 3 is 2.81 bits per heavy atom. The quantitative estimate of drug-likeness (QED) is 0.566. The number of nitrogens with zero attached hydrogens (tertiary/aromatic N) is 5. The molecule has 0 radical (unpaired) electrons. The Labute approximate surface area is 208 Å². The summed E-state index contributed by atoms with van der Waals surface area (Å²) in [5.41, 5.74) is -0.605. The van der Waals surface area contributed by atoms with E-state index in [2.05, 4.69) is 28.5 Å². The fourth-order valence-corrected chi connectivity index (χ4v) is 7.13. The number of hydrogen-bond donors (Lipinski definition) is 0. The van der Waals surface area contributed by atoms with E-state index in [-0.39, 0.29) is 30.5 Å². The van der Waals surface area contributed by atoms with Gasteiger partial charge < -0.3 is 13.9 Å². The van der Waals surface area contributed by atoms with Gasteiger partial charge in [0.2, 0.25) is 0 Å². The maximum absolute atomic E-state index is 14.1. The SMILES string of the molecule is CC(=O)O[C@H]1C[C@@H](c2nnnn2CCC#N)[C@]2(C)CC[C@H]3C(=O)O[C@H](c4ccoc4)C[C@]3(C)[C@H]2C1=O. The molecule has 0 N–H and O–H groups in total. The third-order valence-electron chi connectivity index (χ3n) is 8.63. The Balaban J connectivity index is 1.60. The number of nitriles is 1. The molecule has 1 saturated heterocycles. The summed E-state index contributed by atoms with van der Waals surface area (Å²) in [5, 5.41) is 21.3. The number of aryl methyl sites for hydroxylation is 1. The Morgan fingerprint density at radius 2 is 2.11 bits per heavy atom. The monoisotopic (exact) mass is 495 g/mol. The molecule has 7 atom stereocenters. The molecule has 0 unspecified atom stereocenters. The largest absolute Gasteiger partial charge is 0.472 e. The van der Waals surface area contributed by atoms with Crippen LogP contribution in [0.15, 0.2) is 23.0 Å². The zero-order valence-electron chi connectivity index (χ0n) is 20.5. The molecule has 3 fully saturated rings. The molecule has 11 heteroatoms. The van der Waals surface area contributed by atoms with E-state index in [1.54, 1.807) is 17.0 Å². The second-order valence-electron chi connectivity index (χ2n) is 10.7. The first kappa shape index (κ1) is 24.2. The van der Waals surface area contributed by atoms with Gasteiger partial charge in [0.15, 0.2) is 17.7 Å².